The number of aliphatic hydroxyl groups excluding tert-OH is 1. The highest BCUT2D eigenvalue weighted by atomic mass is 35.5. The first kappa shape index (κ1) is 22.9. The minimum Gasteiger partial charge on any atom is -0.490 e. The number of likely N-dealkylation sites (tertiary alicyclic amines) is 2. The van der Waals surface area contributed by atoms with E-state index in [-0.39, 0.29) is 24.9 Å². The van der Waals surface area contributed by atoms with Crippen LogP contribution in [-0.2, 0) is 0 Å². The molecular formula is C24H33ClN2O3. The Morgan fingerprint density at radius 1 is 0.933 bits per heavy atom. The van der Waals surface area contributed by atoms with Crippen LogP contribution in [0.15, 0.2) is 36.4 Å². The third-order valence-electron chi connectivity index (χ3n) is 6.07. The maximum atomic E-state index is 13.2. The Balaban J connectivity index is 0.00000256. The highest BCUT2D eigenvalue weighted by Gasteiger charge is 2.23. The van der Waals surface area contributed by atoms with E-state index in [2.05, 4.69) is 4.90 Å². The number of fused-ring (bicyclic) bond motifs is 1. The summed E-state index contributed by atoms with van der Waals surface area (Å²) >= 11 is 0. The minimum atomic E-state index is -0.558. The van der Waals surface area contributed by atoms with E-state index in [1.165, 1.54) is 25.7 Å². The van der Waals surface area contributed by atoms with Crippen molar-refractivity contribution < 1.29 is 14.6 Å². The Morgan fingerprint density at radius 3 is 2.20 bits per heavy atom. The van der Waals surface area contributed by atoms with Crippen molar-refractivity contribution in [3.8, 4) is 5.75 Å². The van der Waals surface area contributed by atoms with Gasteiger partial charge in [-0.2, -0.15) is 0 Å². The number of benzene rings is 2. The van der Waals surface area contributed by atoms with Crippen LogP contribution >= 0.6 is 12.4 Å². The number of hydrogen-bond donors (Lipinski definition) is 1. The molecule has 6 heteroatoms. The number of piperidine rings is 2. The number of carbonyl (C=O) groups is 1. The van der Waals surface area contributed by atoms with Crippen LogP contribution in [0.4, 0.5) is 0 Å². The molecule has 5 nitrogen and oxygen atoms in total. The summed E-state index contributed by atoms with van der Waals surface area (Å²) in [7, 11) is 0. The van der Waals surface area contributed by atoms with Gasteiger partial charge in [-0.25, -0.2) is 0 Å². The number of nitrogens with zero attached hydrogens (tertiary/aromatic N) is 2. The van der Waals surface area contributed by atoms with Gasteiger partial charge >= 0.3 is 0 Å². The topological polar surface area (TPSA) is 53.0 Å². The lowest BCUT2D eigenvalue weighted by Gasteiger charge is -2.29. The van der Waals surface area contributed by atoms with E-state index in [1.807, 2.05) is 41.3 Å². The summed E-state index contributed by atoms with van der Waals surface area (Å²) < 4.78 is 6.04. The predicted molar refractivity (Wildman–Crippen MR) is 123 cm³/mol. The number of ether oxygens (including phenoxy) is 1. The number of rotatable bonds is 6. The Hall–Kier alpha value is -1.82. The summed E-state index contributed by atoms with van der Waals surface area (Å²) in [5.74, 6) is 0.618. The van der Waals surface area contributed by atoms with Gasteiger partial charge in [-0.05, 0) is 68.1 Å². The van der Waals surface area contributed by atoms with Crippen LogP contribution in [-0.4, -0.2) is 66.2 Å². The number of hydrogen-bond acceptors (Lipinski definition) is 4. The normalized spacial score (nSPS) is 18.6. The van der Waals surface area contributed by atoms with Crippen molar-refractivity contribution in [3.63, 3.8) is 0 Å². The first-order valence-corrected chi connectivity index (χ1v) is 11.1. The van der Waals surface area contributed by atoms with E-state index in [0.717, 1.165) is 49.8 Å². The third kappa shape index (κ3) is 5.65. The van der Waals surface area contributed by atoms with E-state index >= 15 is 0 Å². The molecule has 30 heavy (non-hydrogen) atoms. The molecule has 0 spiro atoms. The predicted octanol–water partition coefficient (Wildman–Crippen LogP) is 4.11. The fourth-order valence-corrected chi connectivity index (χ4v) is 4.45. The van der Waals surface area contributed by atoms with Gasteiger partial charge in [0.15, 0.2) is 0 Å². The second-order valence-corrected chi connectivity index (χ2v) is 8.37. The monoisotopic (exact) mass is 432 g/mol. The second-order valence-electron chi connectivity index (χ2n) is 8.37. The van der Waals surface area contributed by atoms with Crippen LogP contribution in [0.25, 0.3) is 10.8 Å². The van der Waals surface area contributed by atoms with Crippen LogP contribution in [0, 0.1) is 0 Å². The van der Waals surface area contributed by atoms with Crippen LogP contribution in [0.1, 0.15) is 48.9 Å². The lowest BCUT2D eigenvalue weighted by molar-refractivity contribution is 0.0595. The molecule has 1 unspecified atom stereocenters. The molecule has 0 bridgehead atoms. The number of β-amino-alcohol motifs (C(OH)–C–C–N with tert-alkyl or cyclic N) is 1. The number of halogens is 1. The molecule has 0 saturated carbocycles. The molecule has 164 valence electrons. The maximum absolute atomic E-state index is 13.2. The number of amides is 1. The van der Waals surface area contributed by atoms with E-state index in [1.54, 1.807) is 0 Å². The van der Waals surface area contributed by atoms with Crippen molar-refractivity contribution >= 4 is 29.1 Å². The van der Waals surface area contributed by atoms with Gasteiger partial charge in [0, 0.05) is 19.6 Å². The molecule has 0 radical (unpaired) electrons. The highest BCUT2D eigenvalue weighted by molar-refractivity contribution is 6.01. The third-order valence-corrected chi connectivity index (χ3v) is 6.07. The molecule has 1 atom stereocenters. The largest absolute Gasteiger partial charge is 0.490 e. The van der Waals surface area contributed by atoms with Crippen molar-refractivity contribution in [2.75, 3.05) is 39.3 Å². The lowest BCUT2D eigenvalue weighted by Crippen LogP contribution is -2.39. The second kappa shape index (κ2) is 11.0. The minimum absolute atomic E-state index is 0. The summed E-state index contributed by atoms with van der Waals surface area (Å²) in [6.45, 7) is 4.54. The van der Waals surface area contributed by atoms with Gasteiger partial charge in [0.1, 0.15) is 18.5 Å². The SMILES string of the molecule is Cl.O=C(c1cc2ccccc2cc1OCC(O)CN1CCCCC1)N1CCCCC1. The standard InChI is InChI=1S/C24H32N2O3.ClH/c27-21(17-25-11-5-1-6-12-25)18-29-23-16-20-10-4-3-9-19(20)15-22(23)24(28)26-13-7-2-8-14-26;/h3-4,9-10,15-16,21,27H,1-2,5-8,11-14,17-18H2;1H. The van der Waals surface area contributed by atoms with Crippen LogP contribution < -0.4 is 4.74 Å². The summed E-state index contributed by atoms with van der Waals surface area (Å²) in [6, 6.07) is 11.9. The van der Waals surface area contributed by atoms with E-state index in [0.29, 0.717) is 17.9 Å². The van der Waals surface area contributed by atoms with Crippen molar-refractivity contribution in [3.05, 3.63) is 42.0 Å². The van der Waals surface area contributed by atoms with Crippen molar-refractivity contribution in [1.82, 2.24) is 9.80 Å². The van der Waals surface area contributed by atoms with E-state index in [4.69, 9.17) is 4.74 Å². The zero-order valence-corrected chi connectivity index (χ0v) is 18.4. The van der Waals surface area contributed by atoms with E-state index < -0.39 is 6.10 Å². The molecule has 2 aliphatic heterocycles. The fourth-order valence-electron chi connectivity index (χ4n) is 4.45. The molecule has 0 aliphatic carbocycles. The maximum Gasteiger partial charge on any atom is 0.257 e. The van der Waals surface area contributed by atoms with Crippen molar-refractivity contribution in [2.24, 2.45) is 0 Å². The Bertz CT molecular complexity index is 832. The number of aliphatic hydroxyl groups is 1. The zero-order valence-electron chi connectivity index (χ0n) is 17.6. The lowest BCUT2D eigenvalue weighted by atomic mass is 10.0. The first-order chi connectivity index (χ1) is 14.2. The van der Waals surface area contributed by atoms with Crippen LogP contribution in [0.5, 0.6) is 5.75 Å². The summed E-state index contributed by atoms with van der Waals surface area (Å²) in [5.41, 5.74) is 0.607. The van der Waals surface area contributed by atoms with Gasteiger partial charge in [-0.1, -0.05) is 30.7 Å². The number of carbonyl (C=O) groups excluding carboxylic acids is 1. The molecule has 4 rings (SSSR count). The fraction of sp³-hybridized carbons (Fsp3) is 0.542. The molecule has 2 aromatic carbocycles. The molecule has 2 saturated heterocycles. The Labute approximate surface area is 185 Å². The van der Waals surface area contributed by atoms with Crippen LogP contribution in [0.2, 0.25) is 0 Å². The zero-order chi connectivity index (χ0) is 20.1. The molecule has 2 aliphatic rings. The molecule has 1 amide bonds. The summed E-state index contributed by atoms with van der Waals surface area (Å²) in [5, 5.41) is 12.6. The quantitative estimate of drug-likeness (QED) is 0.746. The van der Waals surface area contributed by atoms with Crippen LogP contribution in [0.3, 0.4) is 0 Å². The molecule has 0 aromatic heterocycles. The van der Waals surface area contributed by atoms with Gasteiger partial charge in [-0.15, -0.1) is 12.4 Å². The average molecular weight is 433 g/mol. The first-order valence-electron chi connectivity index (χ1n) is 11.1. The van der Waals surface area contributed by atoms with Crippen molar-refractivity contribution in [2.45, 2.75) is 44.6 Å². The summed E-state index contributed by atoms with van der Waals surface area (Å²) in [4.78, 5) is 17.4. The average Bonchev–Trinajstić information content (AvgIpc) is 2.78. The molecule has 2 aromatic rings. The van der Waals surface area contributed by atoms with E-state index in [9.17, 15) is 9.90 Å². The van der Waals surface area contributed by atoms with Gasteiger partial charge < -0.3 is 19.6 Å². The Morgan fingerprint density at radius 2 is 1.53 bits per heavy atom. The molecular weight excluding hydrogens is 400 g/mol. The van der Waals surface area contributed by atoms with Gasteiger partial charge in [0.05, 0.1) is 5.56 Å². The Kier molecular flexibility index (Phi) is 8.37. The van der Waals surface area contributed by atoms with Crippen molar-refractivity contribution in [1.29, 1.82) is 0 Å². The molecule has 1 N–H and O–H groups in total. The van der Waals surface area contributed by atoms with Gasteiger partial charge in [0.2, 0.25) is 0 Å². The van der Waals surface area contributed by atoms with Gasteiger partial charge in [-0.3, -0.25) is 4.79 Å². The highest BCUT2D eigenvalue weighted by Crippen LogP contribution is 2.28. The molecule has 2 heterocycles. The summed E-state index contributed by atoms with van der Waals surface area (Å²) in [6.07, 6.45) is 6.43. The van der Waals surface area contributed by atoms with Gasteiger partial charge in [0.25, 0.3) is 5.91 Å². The molecule has 2 fully saturated rings. The smallest absolute Gasteiger partial charge is 0.257 e.